The summed E-state index contributed by atoms with van der Waals surface area (Å²) in [6.45, 7) is 7.17. The number of rotatable bonds is 7. The molecule has 2 aromatic rings. The molecule has 0 radical (unpaired) electrons. The maximum atomic E-state index is 5.92. The molecule has 1 heterocycles. The van der Waals surface area contributed by atoms with Gasteiger partial charge in [0.15, 0.2) is 0 Å². The number of H-pyrrole nitrogens is 1. The first-order chi connectivity index (χ1) is 9.72. The highest BCUT2D eigenvalue weighted by Crippen LogP contribution is 2.29. The van der Waals surface area contributed by atoms with Crippen molar-refractivity contribution < 1.29 is 4.74 Å². The van der Waals surface area contributed by atoms with Gasteiger partial charge in [0.25, 0.3) is 0 Å². The van der Waals surface area contributed by atoms with Gasteiger partial charge in [-0.15, -0.1) is 0 Å². The summed E-state index contributed by atoms with van der Waals surface area (Å²) in [5.74, 6) is 1.82. The highest BCUT2D eigenvalue weighted by Gasteiger charge is 2.19. The molecule has 1 aromatic heterocycles. The van der Waals surface area contributed by atoms with Crippen LogP contribution in [0.3, 0.4) is 0 Å². The van der Waals surface area contributed by atoms with Crippen LogP contribution in [-0.2, 0) is 0 Å². The maximum Gasteiger partial charge on any atom is 0.127 e. The largest absolute Gasteiger partial charge is 0.491 e. The lowest BCUT2D eigenvalue weighted by Crippen LogP contribution is -2.25. The monoisotopic (exact) mass is 273 g/mol. The van der Waals surface area contributed by atoms with Crippen molar-refractivity contribution >= 4 is 0 Å². The second-order valence-corrected chi connectivity index (χ2v) is 5.07. The molecule has 0 amide bonds. The fourth-order valence-electron chi connectivity index (χ4n) is 2.16. The first-order valence-corrected chi connectivity index (χ1v) is 7.20. The van der Waals surface area contributed by atoms with Crippen molar-refractivity contribution in [2.75, 3.05) is 6.54 Å². The maximum absolute atomic E-state index is 5.92. The van der Waals surface area contributed by atoms with Gasteiger partial charge in [-0.2, -0.15) is 0 Å². The smallest absolute Gasteiger partial charge is 0.127 e. The van der Waals surface area contributed by atoms with Gasteiger partial charge in [0.1, 0.15) is 11.6 Å². The fourth-order valence-corrected chi connectivity index (χ4v) is 2.16. The van der Waals surface area contributed by atoms with Gasteiger partial charge in [-0.05, 0) is 32.9 Å². The number of imidazole rings is 1. The van der Waals surface area contributed by atoms with Gasteiger partial charge in [-0.3, -0.25) is 0 Å². The normalized spacial score (nSPS) is 12.6. The van der Waals surface area contributed by atoms with Crippen LogP contribution in [0, 0.1) is 0 Å². The zero-order valence-electron chi connectivity index (χ0n) is 12.4. The van der Waals surface area contributed by atoms with E-state index in [0.29, 0.717) is 0 Å². The van der Waals surface area contributed by atoms with Gasteiger partial charge in [0.2, 0.25) is 0 Å². The number of benzene rings is 1. The first kappa shape index (κ1) is 14.6. The molecule has 1 unspecified atom stereocenters. The SMILES string of the molecule is CCCNC(c1ncc[nH]1)c1ccccc1OC(C)C. The van der Waals surface area contributed by atoms with Crippen LogP contribution < -0.4 is 10.1 Å². The van der Waals surface area contributed by atoms with Crippen molar-refractivity contribution in [2.45, 2.75) is 39.3 Å². The summed E-state index contributed by atoms with van der Waals surface area (Å²) >= 11 is 0. The minimum atomic E-state index is 0.0277. The lowest BCUT2D eigenvalue weighted by atomic mass is 10.0. The predicted molar refractivity (Wildman–Crippen MR) is 80.9 cm³/mol. The predicted octanol–water partition coefficient (Wildman–Crippen LogP) is 3.29. The third kappa shape index (κ3) is 3.61. The number of aromatic nitrogens is 2. The van der Waals surface area contributed by atoms with E-state index < -0.39 is 0 Å². The van der Waals surface area contributed by atoms with E-state index >= 15 is 0 Å². The molecule has 0 saturated carbocycles. The Labute approximate surface area is 120 Å². The van der Waals surface area contributed by atoms with Crippen LogP contribution in [0.2, 0.25) is 0 Å². The van der Waals surface area contributed by atoms with Crippen LogP contribution in [0.5, 0.6) is 5.75 Å². The minimum absolute atomic E-state index is 0.0277. The van der Waals surface area contributed by atoms with Crippen LogP contribution in [-0.4, -0.2) is 22.6 Å². The molecule has 0 aliphatic rings. The van der Waals surface area contributed by atoms with Crippen LogP contribution in [0.15, 0.2) is 36.7 Å². The first-order valence-electron chi connectivity index (χ1n) is 7.20. The average molecular weight is 273 g/mol. The van der Waals surface area contributed by atoms with Gasteiger partial charge in [-0.1, -0.05) is 25.1 Å². The number of aromatic amines is 1. The van der Waals surface area contributed by atoms with Gasteiger partial charge in [0.05, 0.1) is 12.1 Å². The number of hydrogen-bond donors (Lipinski definition) is 2. The van der Waals surface area contributed by atoms with E-state index in [-0.39, 0.29) is 12.1 Å². The third-order valence-corrected chi connectivity index (χ3v) is 2.98. The van der Waals surface area contributed by atoms with Crippen molar-refractivity contribution in [3.05, 3.63) is 48.0 Å². The van der Waals surface area contributed by atoms with Crippen molar-refractivity contribution in [2.24, 2.45) is 0 Å². The molecule has 2 N–H and O–H groups in total. The molecule has 1 atom stereocenters. The Bertz CT molecular complexity index is 508. The standard InChI is InChI=1S/C16H23N3O/c1-4-9-17-15(16-18-10-11-19-16)13-7-5-6-8-14(13)20-12(2)3/h5-8,10-12,15,17H,4,9H2,1-3H3,(H,18,19). The molecule has 0 aliphatic heterocycles. The average Bonchev–Trinajstić information content (AvgIpc) is 2.94. The van der Waals surface area contributed by atoms with Gasteiger partial charge in [-0.25, -0.2) is 4.98 Å². The molecular weight excluding hydrogens is 250 g/mol. The molecule has 0 spiro atoms. The molecule has 4 heteroatoms. The van der Waals surface area contributed by atoms with Crippen molar-refractivity contribution in [3.8, 4) is 5.75 Å². The van der Waals surface area contributed by atoms with E-state index in [0.717, 1.165) is 30.1 Å². The van der Waals surface area contributed by atoms with E-state index in [1.165, 1.54) is 0 Å². The summed E-state index contributed by atoms with van der Waals surface area (Å²) in [5, 5.41) is 3.53. The van der Waals surface area contributed by atoms with Crippen molar-refractivity contribution in [3.63, 3.8) is 0 Å². The van der Waals surface area contributed by atoms with Gasteiger partial charge in [0, 0.05) is 18.0 Å². The summed E-state index contributed by atoms with van der Waals surface area (Å²) in [7, 11) is 0. The van der Waals surface area contributed by atoms with E-state index in [1.54, 1.807) is 6.20 Å². The van der Waals surface area contributed by atoms with E-state index in [9.17, 15) is 0 Å². The molecule has 1 aromatic carbocycles. The van der Waals surface area contributed by atoms with Crippen LogP contribution >= 0.6 is 0 Å². The highest BCUT2D eigenvalue weighted by atomic mass is 16.5. The summed E-state index contributed by atoms with van der Waals surface area (Å²) in [4.78, 5) is 7.59. The Morgan fingerprint density at radius 3 is 2.75 bits per heavy atom. The Kier molecular flexibility index (Phi) is 5.18. The molecule has 2 rings (SSSR count). The van der Waals surface area contributed by atoms with Crippen LogP contribution in [0.25, 0.3) is 0 Å². The van der Waals surface area contributed by atoms with Crippen molar-refractivity contribution in [1.29, 1.82) is 0 Å². The second kappa shape index (κ2) is 7.10. The molecular formula is C16H23N3O. The Balaban J connectivity index is 2.33. The van der Waals surface area contributed by atoms with Gasteiger partial charge < -0.3 is 15.0 Å². The zero-order chi connectivity index (χ0) is 14.4. The number of ether oxygens (including phenoxy) is 1. The quantitative estimate of drug-likeness (QED) is 0.814. The number of hydrogen-bond acceptors (Lipinski definition) is 3. The number of nitrogens with one attached hydrogen (secondary N) is 2. The summed E-state index contributed by atoms with van der Waals surface area (Å²) < 4.78 is 5.92. The van der Waals surface area contributed by atoms with Crippen molar-refractivity contribution in [1.82, 2.24) is 15.3 Å². The van der Waals surface area contributed by atoms with E-state index in [1.807, 2.05) is 38.2 Å². The van der Waals surface area contributed by atoms with Gasteiger partial charge >= 0.3 is 0 Å². The topological polar surface area (TPSA) is 49.9 Å². The lowest BCUT2D eigenvalue weighted by Gasteiger charge is -2.21. The number of nitrogens with zero attached hydrogens (tertiary/aromatic N) is 1. The molecule has 0 aliphatic carbocycles. The summed E-state index contributed by atoms with van der Waals surface area (Å²) in [6.07, 6.45) is 4.85. The highest BCUT2D eigenvalue weighted by molar-refractivity contribution is 5.39. The summed E-state index contributed by atoms with van der Waals surface area (Å²) in [6, 6.07) is 8.17. The third-order valence-electron chi connectivity index (χ3n) is 2.98. The summed E-state index contributed by atoms with van der Waals surface area (Å²) in [5.41, 5.74) is 1.12. The molecule has 0 bridgehead atoms. The molecule has 4 nitrogen and oxygen atoms in total. The lowest BCUT2D eigenvalue weighted by molar-refractivity contribution is 0.238. The Hall–Kier alpha value is -1.81. The molecule has 0 saturated heterocycles. The number of para-hydroxylation sites is 1. The molecule has 0 fully saturated rings. The molecule has 20 heavy (non-hydrogen) atoms. The zero-order valence-corrected chi connectivity index (χ0v) is 12.4. The Morgan fingerprint density at radius 2 is 2.10 bits per heavy atom. The Morgan fingerprint density at radius 1 is 1.30 bits per heavy atom. The fraction of sp³-hybridized carbons (Fsp3) is 0.438. The van der Waals surface area contributed by atoms with E-state index in [4.69, 9.17) is 4.74 Å². The van der Waals surface area contributed by atoms with Crippen LogP contribution in [0.4, 0.5) is 0 Å². The minimum Gasteiger partial charge on any atom is -0.491 e. The molecule has 108 valence electrons. The van der Waals surface area contributed by atoms with E-state index in [2.05, 4.69) is 28.3 Å². The second-order valence-electron chi connectivity index (χ2n) is 5.07. The van der Waals surface area contributed by atoms with Crippen LogP contribution in [0.1, 0.15) is 44.6 Å².